The molecule has 2 aromatic carbocycles. The van der Waals surface area contributed by atoms with Crippen LogP contribution in [0.1, 0.15) is 20.7 Å². The van der Waals surface area contributed by atoms with Gasteiger partial charge in [-0.3, -0.25) is 28.4 Å². The maximum absolute atomic E-state index is 13.0. The van der Waals surface area contributed by atoms with Gasteiger partial charge in [0.15, 0.2) is 11.2 Å². The lowest BCUT2D eigenvalue weighted by atomic mass is 10.1. The van der Waals surface area contributed by atoms with Crippen LogP contribution < -0.4 is 11.2 Å². The van der Waals surface area contributed by atoms with Crippen molar-refractivity contribution in [3.8, 4) is 11.4 Å². The van der Waals surface area contributed by atoms with E-state index in [2.05, 4.69) is 4.98 Å². The first-order valence-corrected chi connectivity index (χ1v) is 10.1. The quantitative estimate of drug-likeness (QED) is 0.457. The average Bonchev–Trinajstić information content (AvgIpc) is 3.31. The molecule has 0 fully saturated rings. The Morgan fingerprint density at radius 2 is 1.34 bits per heavy atom. The Hall–Kier alpha value is -4.27. The van der Waals surface area contributed by atoms with Gasteiger partial charge < -0.3 is 4.57 Å². The summed E-state index contributed by atoms with van der Waals surface area (Å²) in [5.74, 6) is -0.247. The van der Waals surface area contributed by atoms with E-state index in [1.165, 1.54) is 16.5 Å². The fourth-order valence-electron chi connectivity index (χ4n) is 4.11. The highest BCUT2D eigenvalue weighted by Gasteiger charge is 2.35. The number of carbonyl (C=O) groups is 2. The number of fused-ring (bicyclic) bond motifs is 2. The summed E-state index contributed by atoms with van der Waals surface area (Å²) in [4.78, 5) is 56.7. The molecule has 4 aromatic rings. The molecular formula is C23H19N5O4. The second kappa shape index (κ2) is 7.16. The SMILES string of the molecule is Cn1c(=O)c2c(nc(-c3ccccc3)n2CCN2C(=O)c3ccccc3C2=O)n(C)c1=O. The smallest absolute Gasteiger partial charge is 0.316 e. The molecule has 1 aliphatic rings. The van der Waals surface area contributed by atoms with Crippen molar-refractivity contribution in [1.82, 2.24) is 23.6 Å². The van der Waals surface area contributed by atoms with Gasteiger partial charge in [0.2, 0.25) is 0 Å². The maximum atomic E-state index is 13.0. The molecule has 5 rings (SSSR count). The fraction of sp³-hybridized carbons (Fsp3) is 0.174. The molecule has 3 heterocycles. The van der Waals surface area contributed by atoms with E-state index in [9.17, 15) is 19.2 Å². The van der Waals surface area contributed by atoms with Gasteiger partial charge in [-0.2, -0.15) is 0 Å². The number of imidazole rings is 1. The second-order valence-electron chi connectivity index (χ2n) is 7.64. The van der Waals surface area contributed by atoms with Gasteiger partial charge in [0, 0.05) is 32.7 Å². The monoisotopic (exact) mass is 429 g/mol. The molecule has 9 heteroatoms. The van der Waals surface area contributed by atoms with Gasteiger partial charge in [0.25, 0.3) is 17.4 Å². The number of aryl methyl sites for hydroxylation is 1. The number of rotatable bonds is 4. The Bertz CT molecular complexity index is 1490. The topological polar surface area (TPSA) is 99.2 Å². The molecule has 0 unspecified atom stereocenters. The number of hydrogen-bond acceptors (Lipinski definition) is 5. The van der Waals surface area contributed by atoms with Gasteiger partial charge in [-0.05, 0) is 12.1 Å². The van der Waals surface area contributed by atoms with Crippen molar-refractivity contribution in [2.24, 2.45) is 14.1 Å². The molecule has 0 aliphatic carbocycles. The van der Waals surface area contributed by atoms with Crippen LogP contribution in [0.3, 0.4) is 0 Å². The molecule has 1 aliphatic heterocycles. The van der Waals surface area contributed by atoms with Crippen molar-refractivity contribution in [2.75, 3.05) is 6.54 Å². The molecule has 0 saturated heterocycles. The normalized spacial score (nSPS) is 13.2. The third-order valence-corrected chi connectivity index (χ3v) is 5.81. The van der Waals surface area contributed by atoms with Crippen LogP contribution in [0.5, 0.6) is 0 Å². The Morgan fingerprint density at radius 1 is 0.750 bits per heavy atom. The molecule has 32 heavy (non-hydrogen) atoms. The van der Waals surface area contributed by atoms with Crippen LogP contribution in [0, 0.1) is 0 Å². The predicted octanol–water partition coefficient (Wildman–Crippen LogP) is 1.40. The van der Waals surface area contributed by atoms with Crippen molar-refractivity contribution in [2.45, 2.75) is 6.54 Å². The minimum Gasteiger partial charge on any atom is -0.316 e. The summed E-state index contributed by atoms with van der Waals surface area (Å²) in [7, 11) is 2.97. The minimum atomic E-state index is -0.486. The van der Waals surface area contributed by atoms with Crippen molar-refractivity contribution < 1.29 is 9.59 Å². The van der Waals surface area contributed by atoms with Crippen LogP contribution in [0.2, 0.25) is 0 Å². The number of benzene rings is 2. The highest BCUT2D eigenvalue weighted by atomic mass is 16.2. The summed E-state index contributed by atoms with van der Waals surface area (Å²) in [5, 5.41) is 0. The van der Waals surface area contributed by atoms with Gasteiger partial charge in [0.05, 0.1) is 11.1 Å². The Morgan fingerprint density at radius 3 is 1.97 bits per heavy atom. The van der Waals surface area contributed by atoms with E-state index in [-0.39, 0.29) is 36.1 Å². The largest absolute Gasteiger partial charge is 0.332 e. The van der Waals surface area contributed by atoms with Crippen LogP contribution in [-0.2, 0) is 20.6 Å². The van der Waals surface area contributed by atoms with E-state index in [1.54, 1.807) is 35.9 Å². The molecule has 2 aromatic heterocycles. The van der Waals surface area contributed by atoms with Crippen molar-refractivity contribution in [1.29, 1.82) is 0 Å². The highest BCUT2D eigenvalue weighted by Crippen LogP contribution is 2.25. The van der Waals surface area contributed by atoms with Crippen molar-refractivity contribution in [3.05, 3.63) is 86.6 Å². The Labute approximate surface area is 181 Å². The number of aromatic nitrogens is 4. The van der Waals surface area contributed by atoms with Gasteiger partial charge in [-0.15, -0.1) is 0 Å². The third-order valence-electron chi connectivity index (χ3n) is 5.81. The van der Waals surface area contributed by atoms with Gasteiger partial charge in [-0.25, -0.2) is 9.78 Å². The Balaban J connectivity index is 1.64. The van der Waals surface area contributed by atoms with E-state index in [1.807, 2.05) is 30.3 Å². The summed E-state index contributed by atoms with van der Waals surface area (Å²) in [6.07, 6.45) is 0. The summed E-state index contributed by atoms with van der Waals surface area (Å²) in [6, 6.07) is 15.9. The number of hydrogen-bond donors (Lipinski definition) is 0. The molecule has 0 bridgehead atoms. The third kappa shape index (κ3) is 2.74. The standard InChI is InChI=1S/C23H19N5O4/c1-25-19-17(22(31)26(2)23(25)32)27(18(24-19)14-8-4-3-5-9-14)12-13-28-20(29)15-10-6-7-11-16(15)21(28)30/h3-11H,12-13H2,1-2H3. The van der Waals surface area contributed by atoms with Crippen LogP contribution in [0.25, 0.3) is 22.6 Å². The molecule has 2 amide bonds. The number of imide groups is 1. The van der Waals surface area contributed by atoms with Crippen LogP contribution in [0.4, 0.5) is 0 Å². The average molecular weight is 429 g/mol. The molecule has 160 valence electrons. The lowest BCUT2D eigenvalue weighted by molar-refractivity contribution is 0.0649. The number of amides is 2. The zero-order valence-electron chi connectivity index (χ0n) is 17.5. The number of carbonyl (C=O) groups excluding carboxylic acids is 2. The summed E-state index contributed by atoms with van der Waals surface area (Å²) in [6.45, 7) is 0.212. The van der Waals surface area contributed by atoms with E-state index in [0.717, 1.165) is 10.1 Å². The molecule has 0 atom stereocenters. The first-order chi connectivity index (χ1) is 15.4. The molecule has 0 N–H and O–H groups in total. The van der Waals surface area contributed by atoms with Gasteiger partial charge in [0.1, 0.15) is 5.82 Å². The molecule has 0 radical (unpaired) electrons. The highest BCUT2D eigenvalue weighted by molar-refractivity contribution is 6.21. The van der Waals surface area contributed by atoms with Gasteiger partial charge >= 0.3 is 5.69 Å². The zero-order chi connectivity index (χ0) is 22.6. The molecule has 0 saturated carbocycles. The predicted molar refractivity (Wildman–Crippen MR) is 117 cm³/mol. The van der Waals surface area contributed by atoms with E-state index in [0.29, 0.717) is 17.0 Å². The van der Waals surface area contributed by atoms with Crippen molar-refractivity contribution in [3.63, 3.8) is 0 Å². The first kappa shape index (κ1) is 19.7. The lowest BCUT2D eigenvalue weighted by Gasteiger charge is -2.16. The molecule has 0 spiro atoms. The summed E-state index contributed by atoms with van der Waals surface area (Å²) < 4.78 is 4.02. The van der Waals surface area contributed by atoms with Crippen LogP contribution in [-0.4, -0.2) is 41.9 Å². The van der Waals surface area contributed by atoms with Crippen LogP contribution >= 0.6 is 0 Å². The number of nitrogens with zero attached hydrogens (tertiary/aromatic N) is 5. The maximum Gasteiger partial charge on any atom is 0.332 e. The summed E-state index contributed by atoms with van der Waals surface area (Å²) in [5.41, 5.74) is 1.02. The van der Waals surface area contributed by atoms with Gasteiger partial charge in [-0.1, -0.05) is 42.5 Å². The van der Waals surface area contributed by atoms with E-state index >= 15 is 0 Å². The molecule has 9 nitrogen and oxygen atoms in total. The first-order valence-electron chi connectivity index (χ1n) is 10.1. The van der Waals surface area contributed by atoms with Crippen LogP contribution in [0.15, 0.2) is 64.2 Å². The molecular weight excluding hydrogens is 410 g/mol. The second-order valence-corrected chi connectivity index (χ2v) is 7.64. The fourth-order valence-corrected chi connectivity index (χ4v) is 4.11. The lowest BCUT2D eigenvalue weighted by Crippen LogP contribution is -2.38. The van der Waals surface area contributed by atoms with Crippen molar-refractivity contribution >= 4 is 23.0 Å². The Kier molecular flexibility index (Phi) is 4.40. The zero-order valence-corrected chi connectivity index (χ0v) is 17.5. The van der Waals surface area contributed by atoms with E-state index < -0.39 is 11.2 Å². The minimum absolute atomic E-state index is 0.0592. The van der Waals surface area contributed by atoms with E-state index in [4.69, 9.17) is 0 Å². The summed E-state index contributed by atoms with van der Waals surface area (Å²) >= 11 is 0.